The van der Waals surface area contributed by atoms with Crippen LogP contribution in [-0.2, 0) is 11.3 Å². The molecule has 29 heavy (non-hydrogen) atoms. The number of oxazole rings is 1. The lowest BCUT2D eigenvalue weighted by Gasteiger charge is -2.16. The van der Waals surface area contributed by atoms with E-state index >= 15 is 0 Å². The van der Waals surface area contributed by atoms with Crippen molar-refractivity contribution in [3.63, 3.8) is 0 Å². The molecule has 10 heteroatoms. The zero-order valence-corrected chi connectivity index (χ0v) is 15.8. The highest BCUT2D eigenvalue weighted by atomic mass is 16.6. The van der Waals surface area contributed by atoms with Crippen LogP contribution < -0.4 is 4.74 Å². The quantitative estimate of drug-likeness (QED) is 0.526. The maximum atomic E-state index is 10.3. The predicted octanol–water partition coefficient (Wildman–Crippen LogP) is 1.49. The fourth-order valence-electron chi connectivity index (χ4n) is 3.51. The van der Waals surface area contributed by atoms with E-state index in [-0.39, 0.29) is 6.61 Å². The summed E-state index contributed by atoms with van der Waals surface area (Å²) in [6, 6.07) is 5.66. The lowest BCUT2D eigenvalue weighted by atomic mass is 10.1. The Hall–Kier alpha value is -3.08. The van der Waals surface area contributed by atoms with Gasteiger partial charge in [-0.3, -0.25) is 4.57 Å². The summed E-state index contributed by atoms with van der Waals surface area (Å²) in [5.41, 5.74) is 3.27. The molecular weight excluding hydrogens is 378 g/mol. The van der Waals surface area contributed by atoms with E-state index in [1.54, 1.807) is 18.4 Å². The smallest absolute Gasteiger partial charge is 0.245 e. The minimum atomic E-state index is -1.08. The number of benzene rings is 1. The first kappa shape index (κ1) is 18.0. The molecule has 0 bridgehead atoms. The van der Waals surface area contributed by atoms with Gasteiger partial charge < -0.3 is 24.1 Å². The molecule has 0 radical (unpaired) electrons. The Kier molecular flexibility index (Phi) is 4.19. The topological polar surface area (TPSA) is 129 Å². The first-order valence-electron chi connectivity index (χ1n) is 9.19. The maximum Gasteiger partial charge on any atom is 0.245 e. The van der Waals surface area contributed by atoms with E-state index < -0.39 is 24.5 Å². The number of aliphatic hydroxyl groups excluding tert-OH is 2. The number of fused-ring (bicyclic) bond motifs is 2. The molecule has 0 aliphatic carbocycles. The molecule has 150 valence electrons. The van der Waals surface area contributed by atoms with E-state index in [9.17, 15) is 10.2 Å². The lowest BCUT2D eigenvalue weighted by Crippen LogP contribution is -2.30. The summed E-state index contributed by atoms with van der Waals surface area (Å²) in [6.07, 6.45) is -0.498. The Labute approximate surface area is 164 Å². The second kappa shape index (κ2) is 6.76. The van der Waals surface area contributed by atoms with Crippen molar-refractivity contribution in [1.29, 1.82) is 0 Å². The normalized spacial score (nSPS) is 24.6. The summed E-state index contributed by atoms with van der Waals surface area (Å²) in [5, 5.41) is 20.2. The van der Waals surface area contributed by atoms with Gasteiger partial charge in [-0.05, 0) is 24.6 Å². The van der Waals surface area contributed by atoms with Crippen LogP contribution in [-0.4, -0.2) is 53.0 Å². The molecule has 1 fully saturated rings. The second-order valence-electron chi connectivity index (χ2n) is 7.04. The molecule has 10 nitrogen and oxygen atoms in total. The fourth-order valence-corrected chi connectivity index (χ4v) is 3.51. The molecule has 0 amide bonds. The lowest BCUT2D eigenvalue weighted by molar-refractivity contribution is -0.0299. The molecule has 5 rings (SSSR count). The number of nitrogens with zero attached hydrogens (tertiary/aromatic N) is 5. The molecule has 1 aliphatic rings. The third-order valence-corrected chi connectivity index (χ3v) is 5.01. The molecule has 3 aromatic heterocycles. The van der Waals surface area contributed by atoms with Crippen LogP contribution >= 0.6 is 0 Å². The van der Waals surface area contributed by atoms with Crippen molar-refractivity contribution < 1.29 is 24.1 Å². The summed E-state index contributed by atoms with van der Waals surface area (Å²) in [5.74, 6) is 0.917. The summed E-state index contributed by atoms with van der Waals surface area (Å²) >= 11 is 0. The van der Waals surface area contributed by atoms with Crippen molar-refractivity contribution in [3.05, 3.63) is 42.3 Å². The number of imidazole rings is 1. The molecule has 2 N–H and O–H groups in total. The van der Waals surface area contributed by atoms with Crippen LogP contribution in [0, 0.1) is 6.92 Å². The van der Waals surface area contributed by atoms with Crippen LogP contribution in [0.25, 0.3) is 22.3 Å². The van der Waals surface area contributed by atoms with Gasteiger partial charge in [0.2, 0.25) is 5.88 Å². The highest BCUT2D eigenvalue weighted by molar-refractivity contribution is 5.76. The maximum absolute atomic E-state index is 10.3. The van der Waals surface area contributed by atoms with Gasteiger partial charge >= 0.3 is 0 Å². The number of ether oxygens (including phenoxy) is 2. The fraction of sp³-hybridized carbons (Fsp3) is 0.368. The number of aryl methyl sites for hydroxylation is 1. The van der Waals surface area contributed by atoms with Crippen molar-refractivity contribution in [2.75, 3.05) is 0 Å². The van der Waals surface area contributed by atoms with Crippen LogP contribution in [0.3, 0.4) is 0 Å². The van der Waals surface area contributed by atoms with Crippen LogP contribution in [0.5, 0.6) is 5.88 Å². The highest BCUT2D eigenvalue weighted by Gasteiger charge is 2.42. The summed E-state index contributed by atoms with van der Waals surface area (Å²) in [7, 11) is 0. The van der Waals surface area contributed by atoms with Crippen LogP contribution in [0.2, 0.25) is 0 Å². The Morgan fingerprint density at radius 2 is 2.03 bits per heavy atom. The molecule has 4 heterocycles. The number of aromatic nitrogens is 5. The summed E-state index contributed by atoms with van der Waals surface area (Å²) in [4.78, 5) is 17.0. The van der Waals surface area contributed by atoms with Crippen LogP contribution in [0.4, 0.5) is 0 Å². The van der Waals surface area contributed by atoms with Gasteiger partial charge in [-0.15, -0.1) is 0 Å². The molecule has 1 aromatic carbocycles. The molecular formula is C19H19N5O5. The molecule has 1 saturated heterocycles. The monoisotopic (exact) mass is 397 g/mol. The predicted molar refractivity (Wildman–Crippen MR) is 100.0 cm³/mol. The average Bonchev–Trinajstić information content (AvgIpc) is 3.37. The van der Waals surface area contributed by atoms with Gasteiger partial charge in [-0.1, -0.05) is 6.07 Å². The minimum absolute atomic E-state index is 0.257. The van der Waals surface area contributed by atoms with Crippen molar-refractivity contribution in [2.45, 2.75) is 45.0 Å². The Morgan fingerprint density at radius 3 is 2.83 bits per heavy atom. The van der Waals surface area contributed by atoms with Gasteiger partial charge in [0.05, 0.1) is 12.4 Å². The van der Waals surface area contributed by atoms with Gasteiger partial charge in [0.1, 0.15) is 30.7 Å². The van der Waals surface area contributed by atoms with E-state index in [0.29, 0.717) is 28.5 Å². The summed E-state index contributed by atoms with van der Waals surface area (Å²) < 4.78 is 18.6. The summed E-state index contributed by atoms with van der Waals surface area (Å²) in [6.45, 7) is 3.76. The first-order valence-corrected chi connectivity index (χ1v) is 9.19. The SMILES string of the molecule is Cc1nc2ccc(COc3ncnc4c3ncn4[C@@H]3O[C@H](C)[C@@H](O)[C@H]3O)cc2o1. The standard InChI is InChI=1S/C19H19N5O5/c1-9-15(25)16(26)19(28-9)24-8-22-14-17(24)20-7-21-18(14)27-6-11-3-4-12-13(5-11)29-10(2)23-12/h3-5,7-9,15-16,19,25-26H,6H2,1-2H3/t9-,15-,16-,19-/m1/s1. The number of hydrogen-bond acceptors (Lipinski definition) is 9. The van der Waals surface area contributed by atoms with E-state index in [4.69, 9.17) is 13.9 Å². The largest absolute Gasteiger partial charge is 0.471 e. The highest BCUT2D eigenvalue weighted by Crippen LogP contribution is 2.32. The zero-order chi connectivity index (χ0) is 20.1. The van der Waals surface area contributed by atoms with E-state index in [0.717, 1.165) is 11.1 Å². The van der Waals surface area contributed by atoms with Gasteiger partial charge in [-0.25, -0.2) is 15.0 Å². The van der Waals surface area contributed by atoms with Crippen molar-refractivity contribution in [2.24, 2.45) is 0 Å². The van der Waals surface area contributed by atoms with E-state index in [1.165, 1.54) is 12.7 Å². The molecule has 0 unspecified atom stereocenters. The number of aliphatic hydroxyl groups is 2. The van der Waals surface area contributed by atoms with Gasteiger partial charge in [0.15, 0.2) is 28.9 Å². The van der Waals surface area contributed by atoms with E-state index in [1.807, 2.05) is 18.2 Å². The Morgan fingerprint density at radius 1 is 1.17 bits per heavy atom. The number of hydrogen-bond donors (Lipinski definition) is 2. The Balaban J connectivity index is 1.41. The molecule has 4 aromatic rings. The van der Waals surface area contributed by atoms with E-state index in [2.05, 4.69) is 19.9 Å². The van der Waals surface area contributed by atoms with Crippen molar-refractivity contribution in [3.8, 4) is 5.88 Å². The minimum Gasteiger partial charge on any atom is -0.471 e. The van der Waals surface area contributed by atoms with Crippen LogP contribution in [0.15, 0.2) is 35.3 Å². The first-order chi connectivity index (χ1) is 14.0. The van der Waals surface area contributed by atoms with Crippen molar-refractivity contribution in [1.82, 2.24) is 24.5 Å². The molecule has 1 aliphatic heterocycles. The van der Waals surface area contributed by atoms with Crippen LogP contribution in [0.1, 0.15) is 24.6 Å². The van der Waals surface area contributed by atoms with Crippen molar-refractivity contribution >= 4 is 22.3 Å². The van der Waals surface area contributed by atoms with Gasteiger partial charge in [0.25, 0.3) is 0 Å². The molecule has 4 atom stereocenters. The van der Waals surface area contributed by atoms with Gasteiger partial charge in [-0.2, -0.15) is 4.98 Å². The molecule has 0 spiro atoms. The Bertz CT molecular complexity index is 1190. The van der Waals surface area contributed by atoms with Gasteiger partial charge in [0, 0.05) is 6.92 Å². The number of rotatable bonds is 4. The molecule has 0 saturated carbocycles. The third kappa shape index (κ3) is 3.01. The third-order valence-electron chi connectivity index (χ3n) is 5.01. The zero-order valence-electron chi connectivity index (χ0n) is 15.8. The average molecular weight is 397 g/mol. The second-order valence-corrected chi connectivity index (χ2v) is 7.04.